The third-order valence-electron chi connectivity index (χ3n) is 5.01. The van der Waals surface area contributed by atoms with Crippen LogP contribution in [0.3, 0.4) is 0 Å². The number of ether oxygens (including phenoxy) is 3. The molecule has 0 bridgehead atoms. The number of carboxylic acid groups (broad SMARTS) is 1. The lowest BCUT2D eigenvalue weighted by atomic mass is 10.1. The molecule has 0 unspecified atom stereocenters. The molecule has 0 radical (unpaired) electrons. The molecule has 4 rings (SSSR count). The summed E-state index contributed by atoms with van der Waals surface area (Å²) >= 11 is 1.25. The number of amides is 1. The van der Waals surface area contributed by atoms with Gasteiger partial charge in [-0.25, -0.2) is 9.79 Å². The molecule has 1 aliphatic rings. The SMILES string of the molecule is COc1ccc(N=C2NC(=O)/C(=C/c3ccc(OCc4cccc(C(=O)O)c4)c(OC)c3)S2)cc1. The van der Waals surface area contributed by atoms with Crippen LogP contribution < -0.4 is 19.5 Å². The zero-order valence-corrected chi connectivity index (χ0v) is 19.8. The van der Waals surface area contributed by atoms with Crippen LogP contribution in [0.4, 0.5) is 5.69 Å². The third-order valence-corrected chi connectivity index (χ3v) is 5.92. The Hall–Kier alpha value is -4.24. The summed E-state index contributed by atoms with van der Waals surface area (Å²) in [5, 5.41) is 12.4. The second kappa shape index (κ2) is 10.8. The predicted octanol–water partition coefficient (Wildman–Crippen LogP) is 4.87. The molecule has 0 saturated carbocycles. The van der Waals surface area contributed by atoms with Crippen molar-refractivity contribution in [1.82, 2.24) is 5.32 Å². The molecule has 1 saturated heterocycles. The summed E-state index contributed by atoms with van der Waals surface area (Å²) in [4.78, 5) is 28.6. The van der Waals surface area contributed by atoms with Gasteiger partial charge in [0, 0.05) is 0 Å². The molecule has 1 amide bonds. The van der Waals surface area contributed by atoms with Crippen LogP contribution in [0.25, 0.3) is 6.08 Å². The van der Waals surface area contributed by atoms with Crippen LogP contribution in [-0.2, 0) is 11.4 Å². The molecule has 3 aromatic rings. The van der Waals surface area contributed by atoms with Gasteiger partial charge < -0.3 is 24.6 Å². The molecule has 0 atom stereocenters. The second-order valence-electron chi connectivity index (χ2n) is 7.38. The van der Waals surface area contributed by atoms with Crippen LogP contribution in [0.1, 0.15) is 21.5 Å². The Balaban J connectivity index is 1.46. The van der Waals surface area contributed by atoms with E-state index in [1.165, 1.54) is 24.9 Å². The van der Waals surface area contributed by atoms with Crippen molar-refractivity contribution in [3.05, 3.63) is 88.3 Å². The summed E-state index contributed by atoms with van der Waals surface area (Å²) in [5.41, 5.74) is 2.38. The van der Waals surface area contributed by atoms with E-state index < -0.39 is 5.97 Å². The molecule has 0 aromatic heterocycles. The fraction of sp³-hybridized carbons (Fsp3) is 0.115. The first-order chi connectivity index (χ1) is 16.9. The highest BCUT2D eigenvalue weighted by molar-refractivity contribution is 8.18. The fourth-order valence-electron chi connectivity index (χ4n) is 3.25. The van der Waals surface area contributed by atoms with E-state index in [9.17, 15) is 9.59 Å². The van der Waals surface area contributed by atoms with E-state index in [1.807, 2.05) is 18.2 Å². The van der Waals surface area contributed by atoms with Crippen molar-refractivity contribution in [3.8, 4) is 17.2 Å². The molecule has 8 nitrogen and oxygen atoms in total. The minimum Gasteiger partial charge on any atom is -0.497 e. The maximum absolute atomic E-state index is 12.4. The number of nitrogens with one attached hydrogen (secondary N) is 1. The Morgan fingerprint density at radius 3 is 2.54 bits per heavy atom. The molecule has 0 spiro atoms. The molecule has 1 fully saturated rings. The van der Waals surface area contributed by atoms with Gasteiger partial charge >= 0.3 is 5.97 Å². The molecule has 1 aliphatic heterocycles. The lowest BCUT2D eigenvalue weighted by Crippen LogP contribution is -2.19. The number of aromatic carboxylic acids is 1. The number of aliphatic imine (C=N–C) groups is 1. The Kier molecular flexibility index (Phi) is 7.37. The van der Waals surface area contributed by atoms with Crippen molar-refractivity contribution in [2.24, 2.45) is 4.99 Å². The molecule has 0 aliphatic carbocycles. The number of carbonyl (C=O) groups excluding carboxylic acids is 1. The average molecular weight is 491 g/mol. The highest BCUT2D eigenvalue weighted by atomic mass is 32.2. The highest BCUT2D eigenvalue weighted by Gasteiger charge is 2.24. The summed E-state index contributed by atoms with van der Waals surface area (Å²) in [6, 6.07) is 19.1. The van der Waals surface area contributed by atoms with Gasteiger partial charge in [0.2, 0.25) is 0 Å². The standard InChI is InChI=1S/C26H22N2O6S/c1-32-20-9-7-19(8-10-20)27-26-28-24(29)23(35-26)14-16-6-11-21(22(13-16)33-2)34-15-17-4-3-5-18(12-17)25(30)31/h3-14H,15H2,1-2H3,(H,30,31)(H,27,28,29)/b23-14-. The number of rotatable bonds is 8. The second-order valence-corrected chi connectivity index (χ2v) is 8.41. The first kappa shape index (κ1) is 23.9. The number of benzene rings is 3. The average Bonchev–Trinajstić information content (AvgIpc) is 3.21. The summed E-state index contributed by atoms with van der Waals surface area (Å²) in [6.45, 7) is 0.182. The molecular formula is C26H22N2O6S. The molecule has 9 heteroatoms. The summed E-state index contributed by atoms with van der Waals surface area (Å²) in [7, 11) is 3.12. The number of thioether (sulfide) groups is 1. The van der Waals surface area contributed by atoms with Gasteiger partial charge in [-0.1, -0.05) is 18.2 Å². The first-order valence-electron chi connectivity index (χ1n) is 10.5. The Labute approximate surface area is 206 Å². The van der Waals surface area contributed by atoms with Crippen LogP contribution in [0.5, 0.6) is 17.2 Å². The zero-order valence-electron chi connectivity index (χ0n) is 19.0. The number of nitrogens with zero attached hydrogens (tertiary/aromatic N) is 1. The lowest BCUT2D eigenvalue weighted by molar-refractivity contribution is -0.115. The van der Waals surface area contributed by atoms with Gasteiger partial charge in [-0.15, -0.1) is 0 Å². The zero-order chi connectivity index (χ0) is 24.8. The molecular weight excluding hydrogens is 468 g/mol. The molecule has 178 valence electrons. The van der Waals surface area contributed by atoms with Crippen LogP contribution in [0.15, 0.2) is 76.6 Å². The van der Waals surface area contributed by atoms with Gasteiger partial charge in [-0.3, -0.25) is 4.79 Å². The maximum Gasteiger partial charge on any atom is 0.335 e. The maximum atomic E-state index is 12.4. The van der Waals surface area contributed by atoms with Gasteiger partial charge in [0.1, 0.15) is 12.4 Å². The highest BCUT2D eigenvalue weighted by Crippen LogP contribution is 2.33. The number of hydrogen-bond acceptors (Lipinski definition) is 7. The Bertz CT molecular complexity index is 1320. The summed E-state index contributed by atoms with van der Waals surface area (Å²) in [5.74, 6) is 0.491. The fourth-order valence-corrected chi connectivity index (χ4v) is 4.10. The largest absolute Gasteiger partial charge is 0.497 e. The predicted molar refractivity (Wildman–Crippen MR) is 135 cm³/mol. The monoisotopic (exact) mass is 490 g/mol. The third kappa shape index (κ3) is 6.01. The van der Waals surface area contributed by atoms with Crippen molar-refractivity contribution < 1.29 is 28.9 Å². The smallest absolute Gasteiger partial charge is 0.335 e. The van der Waals surface area contributed by atoms with Crippen LogP contribution in [-0.4, -0.2) is 36.4 Å². The van der Waals surface area contributed by atoms with Gasteiger partial charge in [-0.05, 0) is 77.5 Å². The van der Waals surface area contributed by atoms with Crippen LogP contribution >= 0.6 is 11.8 Å². The van der Waals surface area contributed by atoms with Crippen molar-refractivity contribution in [3.63, 3.8) is 0 Å². The minimum absolute atomic E-state index is 0.182. The van der Waals surface area contributed by atoms with E-state index in [2.05, 4.69) is 10.3 Å². The van der Waals surface area contributed by atoms with Gasteiger partial charge in [-0.2, -0.15) is 0 Å². The van der Waals surface area contributed by atoms with Crippen LogP contribution in [0, 0.1) is 0 Å². The van der Waals surface area contributed by atoms with Gasteiger partial charge in [0.25, 0.3) is 5.91 Å². The number of carboxylic acids is 1. The number of hydrogen-bond donors (Lipinski definition) is 2. The van der Waals surface area contributed by atoms with E-state index in [-0.39, 0.29) is 18.1 Å². The number of methoxy groups -OCH3 is 2. The van der Waals surface area contributed by atoms with Gasteiger partial charge in [0.05, 0.1) is 30.4 Å². The molecule has 3 aromatic carbocycles. The quantitative estimate of drug-likeness (QED) is 0.434. The van der Waals surface area contributed by atoms with E-state index in [0.29, 0.717) is 27.3 Å². The van der Waals surface area contributed by atoms with E-state index >= 15 is 0 Å². The normalized spacial score (nSPS) is 15.2. The van der Waals surface area contributed by atoms with E-state index in [1.54, 1.807) is 55.7 Å². The van der Waals surface area contributed by atoms with Crippen molar-refractivity contribution in [2.75, 3.05) is 14.2 Å². The van der Waals surface area contributed by atoms with E-state index in [4.69, 9.17) is 19.3 Å². The number of carbonyl (C=O) groups is 2. The van der Waals surface area contributed by atoms with E-state index in [0.717, 1.165) is 16.9 Å². The van der Waals surface area contributed by atoms with Gasteiger partial charge in [0.15, 0.2) is 16.7 Å². The molecule has 2 N–H and O–H groups in total. The first-order valence-corrected chi connectivity index (χ1v) is 11.3. The number of amidine groups is 1. The summed E-state index contributed by atoms with van der Waals surface area (Å²) < 4.78 is 16.4. The molecule has 1 heterocycles. The summed E-state index contributed by atoms with van der Waals surface area (Å²) in [6.07, 6.45) is 1.75. The molecule has 35 heavy (non-hydrogen) atoms. The minimum atomic E-state index is -0.993. The van der Waals surface area contributed by atoms with Crippen molar-refractivity contribution >= 4 is 40.6 Å². The van der Waals surface area contributed by atoms with Crippen molar-refractivity contribution in [2.45, 2.75) is 6.61 Å². The van der Waals surface area contributed by atoms with Crippen LogP contribution in [0.2, 0.25) is 0 Å². The Morgan fingerprint density at radius 2 is 1.83 bits per heavy atom. The lowest BCUT2D eigenvalue weighted by Gasteiger charge is -2.12. The topological polar surface area (TPSA) is 106 Å². The Morgan fingerprint density at radius 1 is 1.03 bits per heavy atom. The van der Waals surface area contributed by atoms with Crippen molar-refractivity contribution in [1.29, 1.82) is 0 Å².